The molecule has 0 saturated carbocycles. The second-order valence-electron chi connectivity index (χ2n) is 2.95. The number of fused-ring (bicyclic) bond motifs is 1. The van der Waals surface area contributed by atoms with Crippen LogP contribution in [0, 0.1) is 5.82 Å². The Morgan fingerprint density at radius 2 is 2.38 bits per heavy atom. The molecule has 0 atom stereocenters. The van der Waals surface area contributed by atoms with Gasteiger partial charge in [-0.1, -0.05) is 6.08 Å². The van der Waals surface area contributed by atoms with E-state index in [9.17, 15) is 4.39 Å². The summed E-state index contributed by atoms with van der Waals surface area (Å²) in [6, 6.07) is 1.51. The maximum Gasteiger partial charge on any atom is 0.141 e. The molecule has 0 radical (unpaired) electrons. The summed E-state index contributed by atoms with van der Waals surface area (Å²) in [5.41, 5.74) is 2.45. The lowest BCUT2D eigenvalue weighted by atomic mass is 10.00. The fourth-order valence-electron chi connectivity index (χ4n) is 1.50. The van der Waals surface area contributed by atoms with Crippen LogP contribution in [0.3, 0.4) is 0 Å². The Bertz CT molecular complexity index is 383. The number of pyridine rings is 1. The summed E-state index contributed by atoms with van der Waals surface area (Å²) in [7, 11) is 0. The minimum atomic E-state index is -0.288. The zero-order chi connectivity index (χ0) is 9.26. The fraction of sp³-hybridized carbons (Fsp3) is 0.200. The molecule has 0 bridgehead atoms. The van der Waals surface area contributed by atoms with Crippen LogP contribution in [0.4, 0.5) is 4.39 Å². The van der Waals surface area contributed by atoms with Crippen LogP contribution in [0.25, 0.3) is 5.70 Å². The fourth-order valence-corrected chi connectivity index (χ4v) is 1.50. The first-order chi connectivity index (χ1) is 6.31. The Kier molecular flexibility index (Phi) is 1.93. The summed E-state index contributed by atoms with van der Waals surface area (Å²) < 4.78 is 12.8. The number of halogens is 1. The van der Waals surface area contributed by atoms with Gasteiger partial charge >= 0.3 is 0 Å². The summed E-state index contributed by atoms with van der Waals surface area (Å²) in [6.07, 6.45) is 4.90. The third-order valence-corrected chi connectivity index (χ3v) is 2.10. The minimum absolute atomic E-state index is 0.288. The lowest BCUT2D eigenvalue weighted by Crippen LogP contribution is -2.02. The number of aliphatic imine (C=N–C) groups is 1. The van der Waals surface area contributed by atoms with Gasteiger partial charge in [0.05, 0.1) is 17.6 Å². The number of aryl methyl sites for hydroxylation is 1. The van der Waals surface area contributed by atoms with Crippen molar-refractivity contribution >= 4 is 12.4 Å². The molecule has 0 unspecified atom stereocenters. The third kappa shape index (κ3) is 1.37. The molecule has 1 heterocycles. The van der Waals surface area contributed by atoms with Crippen molar-refractivity contribution < 1.29 is 4.39 Å². The van der Waals surface area contributed by atoms with Crippen molar-refractivity contribution in [3.05, 3.63) is 35.4 Å². The predicted molar refractivity (Wildman–Crippen MR) is 50.0 cm³/mol. The largest absolute Gasteiger partial charge is 0.263 e. The smallest absolute Gasteiger partial charge is 0.141 e. The second kappa shape index (κ2) is 3.09. The summed E-state index contributed by atoms with van der Waals surface area (Å²) in [5, 5.41) is 0. The van der Waals surface area contributed by atoms with Crippen LogP contribution >= 0.6 is 0 Å². The molecule has 0 saturated heterocycles. The van der Waals surface area contributed by atoms with Crippen molar-refractivity contribution in [1.82, 2.24) is 4.98 Å². The zero-order valence-electron chi connectivity index (χ0n) is 7.13. The maximum atomic E-state index is 12.8. The van der Waals surface area contributed by atoms with Gasteiger partial charge in [0.25, 0.3) is 0 Å². The number of hydrogen-bond donors (Lipinski definition) is 0. The molecule has 0 aliphatic heterocycles. The lowest BCUT2D eigenvalue weighted by Gasteiger charge is -2.12. The van der Waals surface area contributed by atoms with Gasteiger partial charge in [-0.25, -0.2) is 4.39 Å². The standard InChI is InChI=1S/C10H9FN2/c1-12-9-4-2-3-7-5-8(11)6-13-10(7)9/h4-6H,1-3H2. The Morgan fingerprint density at radius 3 is 3.15 bits per heavy atom. The molecule has 0 N–H and O–H groups in total. The number of allylic oxidation sites excluding steroid dienone is 1. The van der Waals surface area contributed by atoms with Gasteiger partial charge in [-0.15, -0.1) is 0 Å². The average molecular weight is 176 g/mol. The number of hydrogen-bond acceptors (Lipinski definition) is 2. The van der Waals surface area contributed by atoms with Gasteiger partial charge in [0.15, 0.2) is 0 Å². The Hall–Kier alpha value is -1.51. The molecule has 1 aromatic rings. The average Bonchev–Trinajstić information content (AvgIpc) is 2.16. The van der Waals surface area contributed by atoms with E-state index < -0.39 is 0 Å². The molecule has 0 fully saturated rings. The Labute approximate surface area is 75.8 Å². The first-order valence-electron chi connectivity index (χ1n) is 4.13. The number of rotatable bonds is 1. The van der Waals surface area contributed by atoms with Crippen molar-refractivity contribution in [2.75, 3.05) is 0 Å². The van der Waals surface area contributed by atoms with E-state index >= 15 is 0 Å². The van der Waals surface area contributed by atoms with E-state index in [0.717, 1.165) is 29.8 Å². The second-order valence-corrected chi connectivity index (χ2v) is 2.95. The van der Waals surface area contributed by atoms with Crippen LogP contribution in [0.1, 0.15) is 17.7 Å². The van der Waals surface area contributed by atoms with Gasteiger partial charge in [0.2, 0.25) is 0 Å². The minimum Gasteiger partial charge on any atom is -0.263 e. The molecule has 66 valence electrons. The molecule has 3 heteroatoms. The van der Waals surface area contributed by atoms with Crippen molar-refractivity contribution in [2.24, 2.45) is 4.99 Å². The quantitative estimate of drug-likeness (QED) is 0.602. The normalized spacial score (nSPS) is 14.7. The molecule has 1 aliphatic rings. The summed E-state index contributed by atoms with van der Waals surface area (Å²) in [4.78, 5) is 7.84. The van der Waals surface area contributed by atoms with Crippen LogP contribution in [0.2, 0.25) is 0 Å². The molecule has 0 spiro atoms. The van der Waals surface area contributed by atoms with Crippen LogP contribution in [0.15, 0.2) is 23.3 Å². The molecule has 1 aliphatic carbocycles. The molecular formula is C10H9FN2. The monoisotopic (exact) mass is 176 g/mol. The Balaban J connectivity index is 2.55. The number of nitrogens with zero attached hydrogens (tertiary/aromatic N) is 2. The highest BCUT2D eigenvalue weighted by Gasteiger charge is 2.13. The third-order valence-electron chi connectivity index (χ3n) is 2.10. The molecule has 13 heavy (non-hydrogen) atoms. The number of aromatic nitrogens is 1. The van der Waals surface area contributed by atoms with Crippen LogP contribution < -0.4 is 0 Å². The summed E-state index contributed by atoms with van der Waals surface area (Å²) in [5.74, 6) is -0.288. The first-order valence-corrected chi connectivity index (χ1v) is 4.13. The van der Waals surface area contributed by atoms with Crippen molar-refractivity contribution in [3.8, 4) is 0 Å². The van der Waals surface area contributed by atoms with Gasteiger partial charge in [0, 0.05) is 0 Å². The topological polar surface area (TPSA) is 25.2 Å². The lowest BCUT2D eigenvalue weighted by molar-refractivity contribution is 0.617. The molecule has 2 rings (SSSR count). The SMILES string of the molecule is C=NC1=CCCc2cc(F)cnc21. The van der Waals surface area contributed by atoms with Gasteiger partial charge < -0.3 is 0 Å². The van der Waals surface area contributed by atoms with E-state index in [2.05, 4.69) is 16.7 Å². The van der Waals surface area contributed by atoms with Crippen LogP contribution in [-0.4, -0.2) is 11.7 Å². The van der Waals surface area contributed by atoms with Crippen LogP contribution in [-0.2, 0) is 6.42 Å². The van der Waals surface area contributed by atoms with Crippen molar-refractivity contribution in [1.29, 1.82) is 0 Å². The van der Waals surface area contributed by atoms with E-state index in [1.54, 1.807) is 0 Å². The van der Waals surface area contributed by atoms with Crippen molar-refractivity contribution in [2.45, 2.75) is 12.8 Å². The van der Waals surface area contributed by atoms with Gasteiger partial charge in [-0.3, -0.25) is 9.98 Å². The molecule has 0 aromatic carbocycles. The van der Waals surface area contributed by atoms with Gasteiger partial charge in [-0.05, 0) is 31.2 Å². The maximum absolute atomic E-state index is 12.8. The molecular weight excluding hydrogens is 167 g/mol. The Morgan fingerprint density at radius 1 is 1.54 bits per heavy atom. The predicted octanol–water partition coefficient (Wildman–Crippen LogP) is 2.21. The van der Waals surface area contributed by atoms with Gasteiger partial charge in [-0.2, -0.15) is 0 Å². The van der Waals surface area contributed by atoms with E-state index in [0.29, 0.717) is 0 Å². The van der Waals surface area contributed by atoms with Crippen molar-refractivity contribution in [3.63, 3.8) is 0 Å². The molecule has 1 aromatic heterocycles. The van der Waals surface area contributed by atoms with E-state index in [-0.39, 0.29) is 5.82 Å². The van der Waals surface area contributed by atoms with Gasteiger partial charge in [0.1, 0.15) is 5.82 Å². The first kappa shape index (κ1) is 8.10. The molecule has 0 amide bonds. The highest BCUT2D eigenvalue weighted by Crippen LogP contribution is 2.25. The zero-order valence-corrected chi connectivity index (χ0v) is 7.13. The molecule has 2 nitrogen and oxygen atoms in total. The van der Waals surface area contributed by atoms with E-state index in [4.69, 9.17) is 0 Å². The van der Waals surface area contributed by atoms with E-state index in [1.807, 2.05) is 6.08 Å². The summed E-state index contributed by atoms with van der Waals surface area (Å²) >= 11 is 0. The van der Waals surface area contributed by atoms with Crippen LogP contribution in [0.5, 0.6) is 0 Å². The summed E-state index contributed by atoms with van der Waals surface area (Å²) in [6.45, 7) is 3.45. The highest BCUT2D eigenvalue weighted by molar-refractivity contribution is 5.69. The highest BCUT2D eigenvalue weighted by atomic mass is 19.1. The van der Waals surface area contributed by atoms with E-state index in [1.165, 1.54) is 12.3 Å².